The number of anilines is 1. The van der Waals surface area contributed by atoms with E-state index in [0.717, 1.165) is 49.7 Å². The molecular weight excluding hydrogens is 258 g/mol. The molecule has 2 rings (SSSR count). The minimum Gasteiger partial charge on any atom is -0.368 e. The van der Waals surface area contributed by atoms with Crippen molar-refractivity contribution in [1.82, 2.24) is 4.90 Å². The van der Waals surface area contributed by atoms with Crippen LogP contribution in [0.15, 0.2) is 18.2 Å². The third-order valence-corrected chi connectivity index (χ3v) is 4.30. The Morgan fingerprint density at radius 1 is 1.16 bits per heavy atom. The molecule has 1 aromatic rings. The monoisotopic (exact) mass is 281 g/mol. The second kappa shape index (κ2) is 7.13. The maximum Gasteiger partial charge on any atom is 0.0668 e. The number of nitrogens with zero attached hydrogens (tertiary/aromatic N) is 2. The lowest BCUT2D eigenvalue weighted by molar-refractivity contribution is 0.253. The number of halogens is 1. The van der Waals surface area contributed by atoms with E-state index in [1.54, 1.807) is 0 Å². The van der Waals surface area contributed by atoms with Crippen molar-refractivity contribution in [3.8, 4) is 0 Å². The van der Waals surface area contributed by atoms with Crippen molar-refractivity contribution in [2.24, 2.45) is 5.73 Å². The van der Waals surface area contributed by atoms with E-state index in [4.69, 9.17) is 17.3 Å². The van der Waals surface area contributed by atoms with E-state index in [1.165, 1.54) is 18.7 Å². The highest BCUT2D eigenvalue weighted by Gasteiger charge is 2.18. The fourth-order valence-electron chi connectivity index (χ4n) is 2.57. The van der Waals surface area contributed by atoms with Gasteiger partial charge in [-0.2, -0.15) is 0 Å². The number of hydrogen-bond acceptors (Lipinski definition) is 3. The summed E-state index contributed by atoms with van der Waals surface area (Å²) in [7, 11) is 0. The van der Waals surface area contributed by atoms with Crippen LogP contribution in [0.2, 0.25) is 5.02 Å². The zero-order chi connectivity index (χ0) is 13.7. The van der Waals surface area contributed by atoms with Gasteiger partial charge in [0.2, 0.25) is 0 Å². The summed E-state index contributed by atoms with van der Waals surface area (Å²) in [5.41, 5.74) is 7.87. The fourth-order valence-corrected chi connectivity index (χ4v) is 2.81. The molecule has 0 saturated carbocycles. The maximum absolute atomic E-state index is 6.40. The van der Waals surface area contributed by atoms with Crippen molar-refractivity contribution in [1.29, 1.82) is 0 Å². The first-order chi connectivity index (χ1) is 9.22. The van der Waals surface area contributed by atoms with E-state index in [1.807, 2.05) is 0 Å². The summed E-state index contributed by atoms with van der Waals surface area (Å²) in [5.74, 6) is 0. The summed E-state index contributed by atoms with van der Waals surface area (Å²) in [6.45, 7) is 8.40. The molecule has 0 amide bonds. The van der Waals surface area contributed by atoms with Gasteiger partial charge in [-0.1, -0.05) is 23.7 Å². The maximum atomic E-state index is 6.40. The van der Waals surface area contributed by atoms with Crippen molar-refractivity contribution in [3.05, 3.63) is 28.8 Å². The van der Waals surface area contributed by atoms with Gasteiger partial charge in [-0.25, -0.2) is 0 Å². The van der Waals surface area contributed by atoms with Crippen molar-refractivity contribution in [2.45, 2.75) is 19.8 Å². The zero-order valence-corrected chi connectivity index (χ0v) is 12.5. The van der Waals surface area contributed by atoms with Gasteiger partial charge in [-0.3, -0.25) is 4.90 Å². The molecule has 106 valence electrons. The summed E-state index contributed by atoms with van der Waals surface area (Å²) in [4.78, 5) is 4.92. The summed E-state index contributed by atoms with van der Waals surface area (Å²) < 4.78 is 0. The third-order valence-electron chi connectivity index (χ3n) is 3.81. The Bertz CT molecular complexity index is 400. The van der Waals surface area contributed by atoms with Crippen LogP contribution in [-0.2, 0) is 0 Å². The van der Waals surface area contributed by atoms with Crippen LogP contribution in [0, 0.1) is 6.92 Å². The predicted octanol–water partition coefficient (Wildman–Crippen LogP) is 2.51. The highest BCUT2D eigenvalue weighted by atomic mass is 35.5. The molecule has 2 N–H and O–H groups in total. The van der Waals surface area contributed by atoms with E-state index in [-0.39, 0.29) is 0 Å². The molecule has 1 heterocycles. The number of nitrogens with two attached hydrogens (primary N) is 1. The molecule has 0 spiro atoms. The van der Waals surface area contributed by atoms with Crippen LogP contribution < -0.4 is 10.6 Å². The minimum atomic E-state index is 0.804. The lowest BCUT2D eigenvalue weighted by Crippen LogP contribution is -2.46. The Kier molecular flexibility index (Phi) is 5.49. The lowest BCUT2D eigenvalue weighted by Gasteiger charge is -2.36. The van der Waals surface area contributed by atoms with Crippen LogP contribution >= 0.6 is 11.6 Å². The Balaban J connectivity index is 1.87. The summed E-state index contributed by atoms with van der Waals surface area (Å²) in [6.07, 6.45) is 2.34. The molecule has 1 aromatic carbocycles. The average Bonchev–Trinajstić information content (AvgIpc) is 2.43. The molecule has 19 heavy (non-hydrogen) atoms. The number of unbranched alkanes of at least 4 members (excludes halogenated alkanes) is 1. The Morgan fingerprint density at radius 3 is 2.58 bits per heavy atom. The van der Waals surface area contributed by atoms with Crippen molar-refractivity contribution in [2.75, 3.05) is 44.2 Å². The first kappa shape index (κ1) is 14.6. The standard InChI is InChI=1S/C15H24ClN3/c1-13-5-4-6-14(15(13)16)19-11-9-18(10-12-19)8-3-2-7-17/h4-6H,2-3,7-12,17H2,1H3. The average molecular weight is 282 g/mol. The third kappa shape index (κ3) is 3.85. The van der Waals surface area contributed by atoms with E-state index in [0.29, 0.717) is 0 Å². The molecule has 1 aliphatic rings. The molecule has 4 heteroatoms. The summed E-state index contributed by atoms with van der Waals surface area (Å²) in [5, 5.41) is 0.902. The van der Waals surface area contributed by atoms with Gasteiger partial charge < -0.3 is 10.6 Å². The largest absolute Gasteiger partial charge is 0.368 e. The van der Waals surface area contributed by atoms with Gasteiger partial charge >= 0.3 is 0 Å². The molecule has 0 aliphatic carbocycles. The molecule has 1 fully saturated rings. The molecule has 0 aromatic heterocycles. The van der Waals surface area contributed by atoms with Gasteiger partial charge in [0.1, 0.15) is 0 Å². The first-order valence-electron chi connectivity index (χ1n) is 7.15. The van der Waals surface area contributed by atoms with E-state index in [9.17, 15) is 0 Å². The van der Waals surface area contributed by atoms with Crippen LogP contribution in [-0.4, -0.2) is 44.2 Å². The number of benzene rings is 1. The Labute approximate surface area is 121 Å². The van der Waals surface area contributed by atoms with Gasteiger partial charge in [-0.15, -0.1) is 0 Å². The normalized spacial score (nSPS) is 16.9. The van der Waals surface area contributed by atoms with E-state index >= 15 is 0 Å². The van der Waals surface area contributed by atoms with Gasteiger partial charge in [0, 0.05) is 26.2 Å². The number of piperazine rings is 1. The van der Waals surface area contributed by atoms with Crippen LogP contribution in [0.1, 0.15) is 18.4 Å². The second-order valence-corrected chi connectivity index (χ2v) is 5.61. The Hall–Kier alpha value is -0.770. The molecule has 0 unspecified atom stereocenters. The fraction of sp³-hybridized carbons (Fsp3) is 0.600. The highest BCUT2D eigenvalue weighted by Crippen LogP contribution is 2.29. The molecule has 0 atom stereocenters. The number of rotatable bonds is 5. The van der Waals surface area contributed by atoms with Crippen LogP contribution in [0.25, 0.3) is 0 Å². The van der Waals surface area contributed by atoms with Gasteiger partial charge in [0.25, 0.3) is 0 Å². The summed E-state index contributed by atoms with van der Waals surface area (Å²) in [6, 6.07) is 6.28. The van der Waals surface area contributed by atoms with E-state index in [2.05, 4.69) is 34.9 Å². The molecular formula is C15H24ClN3. The van der Waals surface area contributed by atoms with Crippen LogP contribution in [0.3, 0.4) is 0 Å². The van der Waals surface area contributed by atoms with Crippen molar-refractivity contribution < 1.29 is 0 Å². The lowest BCUT2D eigenvalue weighted by atomic mass is 10.2. The van der Waals surface area contributed by atoms with Crippen LogP contribution in [0.5, 0.6) is 0 Å². The SMILES string of the molecule is Cc1cccc(N2CCN(CCCCN)CC2)c1Cl. The second-order valence-electron chi connectivity index (χ2n) is 5.23. The van der Waals surface area contributed by atoms with Crippen LogP contribution in [0.4, 0.5) is 5.69 Å². The zero-order valence-electron chi connectivity index (χ0n) is 11.7. The van der Waals surface area contributed by atoms with Gasteiger partial charge in [0.05, 0.1) is 10.7 Å². The molecule has 3 nitrogen and oxygen atoms in total. The number of hydrogen-bond donors (Lipinski definition) is 1. The van der Waals surface area contributed by atoms with Gasteiger partial charge in [-0.05, 0) is 44.5 Å². The first-order valence-corrected chi connectivity index (χ1v) is 7.52. The Morgan fingerprint density at radius 2 is 1.89 bits per heavy atom. The topological polar surface area (TPSA) is 32.5 Å². The molecule has 1 saturated heterocycles. The highest BCUT2D eigenvalue weighted by molar-refractivity contribution is 6.34. The molecule has 0 radical (unpaired) electrons. The van der Waals surface area contributed by atoms with E-state index < -0.39 is 0 Å². The predicted molar refractivity (Wildman–Crippen MR) is 83.1 cm³/mol. The smallest absolute Gasteiger partial charge is 0.0668 e. The quantitative estimate of drug-likeness (QED) is 0.842. The molecule has 0 bridgehead atoms. The summed E-state index contributed by atoms with van der Waals surface area (Å²) >= 11 is 6.40. The van der Waals surface area contributed by atoms with Crippen molar-refractivity contribution >= 4 is 17.3 Å². The van der Waals surface area contributed by atoms with Crippen molar-refractivity contribution in [3.63, 3.8) is 0 Å². The number of aryl methyl sites for hydroxylation is 1. The van der Waals surface area contributed by atoms with Gasteiger partial charge in [0.15, 0.2) is 0 Å². The minimum absolute atomic E-state index is 0.804. The molecule has 1 aliphatic heterocycles.